The minimum atomic E-state index is -1.23. The van der Waals surface area contributed by atoms with Crippen molar-refractivity contribution >= 4 is 14.4 Å². The van der Waals surface area contributed by atoms with E-state index in [1.54, 1.807) is 0 Å². The Balaban J connectivity index is 0.00000265. The number of carbonyl (C=O) groups is 1. The smallest absolute Gasteiger partial charge is 0.259 e. The Morgan fingerprint density at radius 2 is 1.73 bits per heavy atom. The molecule has 0 saturated carbocycles. The van der Waals surface area contributed by atoms with E-state index in [1.807, 2.05) is 18.7 Å². The Morgan fingerprint density at radius 1 is 1.15 bits per heavy atom. The molecule has 0 radical (unpaired) electrons. The van der Waals surface area contributed by atoms with Crippen molar-refractivity contribution in [2.24, 2.45) is 0 Å². The number of hydrogen-bond donors (Lipinski definition) is 0. The third kappa shape index (κ3) is 10.5. The molecule has 2 rings (SSSR count). The second kappa shape index (κ2) is 16.2. The molecule has 0 N–H and O–H groups in total. The molecule has 1 aliphatic rings. The van der Waals surface area contributed by atoms with Gasteiger partial charge in [0.15, 0.2) is 0 Å². The van der Waals surface area contributed by atoms with Gasteiger partial charge in [-0.2, -0.15) is 5.26 Å². The fourth-order valence-corrected chi connectivity index (χ4v) is 5.57. The monoisotopic (exact) mass is 477 g/mol. The van der Waals surface area contributed by atoms with Crippen molar-refractivity contribution in [2.75, 3.05) is 19.7 Å². The first-order chi connectivity index (χ1) is 15.8. The standard InChI is InChI=1S/C24H38N3O3P.C2H6/c1-19(2)27(20(3)4)31(29-18-6-15-25)30-23-13-16-26(17-14-23)24(28)12-11-22-9-7-21(5)8-10-22;1-2/h7-10,19-20,23H,6,11-14,16-18H2,1-5H3;1-2H3. The number of aryl methyl sites for hydroxylation is 2. The first-order valence-electron chi connectivity index (χ1n) is 12.4. The molecule has 0 bridgehead atoms. The molecule has 0 spiro atoms. The highest BCUT2D eigenvalue weighted by atomic mass is 31.2. The molecule has 1 unspecified atom stereocenters. The van der Waals surface area contributed by atoms with E-state index in [2.05, 4.69) is 69.6 Å². The zero-order valence-corrected chi connectivity index (χ0v) is 22.6. The van der Waals surface area contributed by atoms with Gasteiger partial charge in [-0.15, -0.1) is 0 Å². The van der Waals surface area contributed by atoms with Crippen LogP contribution in [0.4, 0.5) is 0 Å². The molecule has 0 aliphatic carbocycles. The molecular formula is C26H44N3O3P. The third-order valence-electron chi connectivity index (χ3n) is 5.44. The van der Waals surface area contributed by atoms with Crippen molar-refractivity contribution < 1.29 is 13.8 Å². The van der Waals surface area contributed by atoms with Crippen LogP contribution in [-0.4, -0.2) is 53.4 Å². The molecule has 0 aromatic heterocycles. The van der Waals surface area contributed by atoms with E-state index in [9.17, 15) is 4.79 Å². The normalized spacial score (nSPS) is 15.4. The van der Waals surface area contributed by atoms with Gasteiger partial charge in [-0.05, 0) is 59.4 Å². The maximum atomic E-state index is 12.7. The molecule has 1 heterocycles. The maximum absolute atomic E-state index is 12.7. The lowest BCUT2D eigenvalue weighted by molar-refractivity contribution is -0.132. The molecule has 7 heteroatoms. The number of rotatable bonds is 11. The lowest BCUT2D eigenvalue weighted by atomic mass is 10.1. The second-order valence-electron chi connectivity index (χ2n) is 8.72. The number of nitrogens with zero attached hydrogens (tertiary/aromatic N) is 3. The third-order valence-corrected chi connectivity index (χ3v) is 7.63. The number of benzene rings is 1. The van der Waals surface area contributed by atoms with Gasteiger partial charge in [0.05, 0.1) is 25.2 Å². The molecule has 1 amide bonds. The van der Waals surface area contributed by atoms with E-state index in [-0.39, 0.29) is 24.1 Å². The van der Waals surface area contributed by atoms with Crippen molar-refractivity contribution in [3.63, 3.8) is 0 Å². The summed E-state index contributed by atoms with van der Waals surface area (Å²) in [4.78, 5) is 14.6. The van der Waals surface area contributed by atoms with Gasteiger partial charge in [-0.1, -0.05) is 43.7 Å². The minimum Gasteiger partial charge on any atom is -0.342 e. The number of nitriles is 1. The summed E-state index contributed by atoms with van der Waals surface area (Å²) in [5, 5.41) is 8.85. The zero-order chi connectivity index (χ0) is 24.8. The lowest BCUT2D eigenvalue weighted by Crippen LogP contribution is -2.41. The van der Waals surface area contributed by atoms with Crippen LogP contribution in [0.15, 0.2) is 24.3 Å². The van der Waals surface area contributed by atoms with Gasteiger partial charge < -0.3 is 13.9 Å². The van der Waals surface area contributed by atoms with E-state index in [1.165, 1.54) is 11.1 Å². The van der Waals surface area contributed by atoms with Crippen LogP contribution in [0.5, 0.6) is 0 Å². The van der Waals surface area contributed by atoms with Crippen LogP contribution in [0.25, 0.3) is 0 Å². The lowest BCUT2D eigenvalue weighted by Gasteiger charge is -2.39. The molecule has 1 saturated heterocycles. The predicted octanol–water partition coefficient (Wildman–Crippen LogP) is 6.24. The van der Waals surface area contributed by atoms with Gasteiger partial charge >= 0.3 is 0 Å². The van der Waals surface area contributed by atoms with Gasteiger partial charge in [-0.3, -0.25) is 4.79 Å². The van der Waals surface area contributed by atoms with Crippen molar-refractivity contribution in [3.05, 3.63) is 35.4 Å². The SMILES string of the molecule is CC.Cc1ccc(CCC(=O)N2CCC(OP(OCCC#N)N(C(C)C)C(C)C)CC2)cc1. The highest BCUT2D eigenvalue weighted by Crippen LogP contribution is 2.48. The van der Waals surface area contributed by atoms with E-state index in [0.717, 1.165) is 32.4 Å². The summed E-state index contributed by atoms with van der Waals surface area (Å²) in [7, 11) is -1.23. The van der Waals surface area contributed by atoms with E-state index in [0.29, 0.717) is 19.4 Å². The van der Waals surface area contributed by atoms with Crippen LogP contribution >= 0.6 is 8.53 Å². The first-order valence-corrected chi connectivity index (χ1v) is 13.5. The zero-order valence-electron chi connectivity index (χ0n) is 21.7. The van der Waals surface area contributed by atoms with Crippen LogP contribution in [0.3, 0.4) is 0 Å². The number of likely N-dealkylation sites (tertiary alicyclic amines) is 1. The number of hydrogen-bond acceptors (Lipinski definition) is 5. The Kier molecular flexibility index (Phi) is 14.5. The highest BCUT2D eigenvalue weighted by Gasteiger charge is 2.32. The summed E-state index contributed by atoms with van der Waals surface area (Å²) in [6.45, 7) is 16.5. The largest absolute Gasteiger partial charge is 0.342 e. The first kappa shape index (κ1) is 29.5. The van der Waals surface area contributed by atoms with E-state index < -0.39 is 8.53 Å². The Morgan fingerprint density at radius 3 is 2.24 bits per heavy atom. The van der Waals surface area contributed by atoms with Gasteiger partial charge in [0.2, 0.25) is 5.91 Å². The number of amides is 1. The number of piperidine rings is 1. The predicted molar refractivity (Wildman–Crippen MR) is 137 cm³/mol. The summed E-state index contributed by atoms with van der Waals surface area (Å²) < 4.78 is 14.7. The van der Waals surface area contributed by atoms with Gasteiger partial charge in [0.1, 0.15) is 0 Å². The summed E-state index contributed by atoms with van der Waals surface area (Å²) in [6, 6.07) is 11.1. The van der Waals surface area contributed by atoms with E-state index >= 15 is 0 Å². The fourth-order valence-electron chi connectivity index (χ4n) is 3.80. The fraction of sp³-hybridized carbons (Fsp3) is 0.692. The van der Waals surface area contributed by atoms with Gasteiger partial charge in [0.25, 0.3) is 8.53 Å². The van der Waals surface area contributed by atoms with Gasteiger partial charge in [0, 0.05) is 31.6 Å². The Hall–Kier alpha value is -1.51. The van der Waals surface area contributed by atoms with Crippen LogP contribution in [0.2, 0.25) is 0 Å². The molecule has 33 heavy (non-hydrogen) atoms. The van der Waals surface area contributed by atoms with Crippen molar-refractivity contribution in [2.45, 2.75) is 98.8 Å². The van der Waals surface area contributed by atoms with Crippen molar-refractivity contribution in [1.29, 1.82) is 5.26 Å². The van der Waals surface area contributed by atoms with Crippen LogP contribution < -0.4 is 0 Å². The van der Waals surface area contributed by atoms with E-state index in [4.69, 9.17) is 14.3 Å². The molecule has 1 atom stereocenters. The van der Waals surface area contributed by atoms with Crippen LogP contribution in [-0.2, 0) is 20.3 Å². The average molecular weight is 478 g/mol. The Labute approximate surface area is 203 Å². The maximum Gasteiger partial charge on any atom is 0.259 e. The van der Waals surface area contributed by atoms with Gasteiger partial charge in [-0.25, -0.2) is 4.67 Å². The summed E-state index contributed by atoms with van der Waals surface area (Å²) in [5.74, 6) is 0.220. The topological polar surface area (TPSA) is 65.8 Å². The Bertz CT molecular complexity index is 702. The molecule has 6 nitrogen and oxygen atoms in total. The number of carbonyl (C=O) groups excluding carboxylic acids is 1. The molecule has 1 aromatic rings. The summed E-state index contributed by atoms with van der Waals surface area (Å²) >= 11 is 0. The molecule has 186 valence electrons. The summed E-state index contributed by atoms with van der Waals surface area (Å²) in [6.07, 6.45) is 3.41. The highest BCUT2D eigenvalue weighted by molar-refractivity contribution is 7.44. The molecule has 1 fully saturated rings. The molecule has 1 aliphatic heterocycles. The molecule has 1 aromatic carbocycles. The quantitative estimate of drug-likeness (QED) is 0.279. The summed E-state index contributed by atoms with van der Waals surface area (Å²) in [5.41, 5.74) is 2.45. The van der Waals surface area contributed by atoms with Crippen LogP contribution in [0, 0.1) is 18.3 Å². The van der Waals surface area contributed by atoms with Crippen molar-refractivity contribution in [1.82, 2.24) is 9.57 Å². The van der Waals surface area contributed by atoms with Crippen molar-refractivity contribution in [3.8, 4) is 6.07 Å². The minimum absolute atomic E-state index is 0.0781. The molecular weight excluding hydrogens is 433 g/mol. The second-order valence-corrected chi connectivity index (χ2v) is 10.1. The average Bonchev–Trinajstić information content (AvgIpc) is 2.80. The van der Waals surface area contributed by atoms with Crippen LogP contribution in [0.1, 0.15) is 78.4 Å².